The molecule has 0 spiro atoms. The zero-order valence-electron chi connectivity index (χ0n) is 22.6. The van der Waals surface area contributed by atoms with Crippen molar-refractivity contribution in [3.8, 4) is 0 Å². The number of esters is 2. The number of hydrogen-bond acceptors (Lipinski definition) is 6. The summed E-state index contributed by atoms with van der Waals surface area (Å²) in [5.41, 5.74) is 1.98. The van der Waals surface area contributed by atoms with Gasteiger partial charge in [0.1, 0.15) is 12.2 Å². The van der Waals surface area contributed by atoms with Gasteiger partial charge in [-0.05, 0) is 40.5 Å². The summed E-state index contributed by atoms with van der Waals surface area (Å²) < 4.78 is 11.4. The maximum absolute atomic E-state index is 12.2. The van der Waals surface area contributed by atoms with E-state index in [-0.39, 0.29) is 35.2 Å². The highest BCUT2D eigenvalue weighted by atomic mass is 16.5. The number of piperidine rings is 2. The fraction of sp³-hybridized carbons (Fsp3) is 0.786. The summed E-state index contributed by atoms with van der Waals surface area (Å²) in [6.45, 7) is 16.9. The van der Waals surface area contributed by atoms with E-state index in [9.17, 15) is 9.59 Å². The maximum Gasteiger partial charge on any atom is 0.306 e. The molecule has 2 aliphatic heterocycles. The molecule has 0 aromatic carbocycles. The van der Waals surface area contributed by atoms with Crippen LogP contribution in [0.5, 0.6) is 0 Å². The first kappa shape index (κ1) is 28.3. The molecule has 2 atom stereocenters. The lowest BCUT2D eigenvalue weighted by molar-refractivity contribution is -0.153. The van der Waals surface area contributed by atoms with Crippen molar-refractivity contribution in [1.29, 1.82) is 0 Å². The molecule has 6 heteroatoms. The lowest BCUT2D eigenvalue weighted by Gasteiger charge is -2.45. The molecule has 2 fully saturated rings. The number of unbranched alkanes of at least 4 members (excludes halogenated alkanes) is 5. The minimum absolute atomic E-state index is 0.0367. The summed E-state index contributed by atoms with van der Waals surface area (Å²) in [6.07, 6.45) is 9.81. The molecule has 0 saturated carbocycles. The molecule has 2 unspecified atom stereocenters. The maximum atomic E-state index is 12.2. The van der Waals surface area contributed by atoms with Crippen LogP contribution in [0.2, 0.25) is 0 Å². The number of carbonyl (C=O) groups is 2. The van der Waals surface area contributed by atoms with E-state index in [1.54, 1.807) is 0 Å². The van der Waals surface area contributed by atoms with E-state index in [0.717, 1.165) is 75.6 Å². The Kier molecular flexibility index (Phi) is 10.1. The number of rotatable bonds is 11. The summed E-state index contributed by atoms with van der Waals surface area (Å²) in [4.78, 5) is 28.8. The molecule has 194 valence electrons. The summed E-state index contributed by atoms with van der Waals surface area (Å²) >= 11 is 0. The van der Waals surface area contributed by atoms with Gasteiger partial charge in [-0.3, -0.25) is 9.59 Å². The standard InChI is InChI=1S/C28H48N2O4/c1-21-17-23(19-27(3,4)29(21)7)33-25(31)15-13-11-9-10-12-14-16-26(32)34-24-18-22(2)30(8)28(5,6)20-24/h23-24H,1-2,9-20H2,3-8H3. The predicted octanol–water partition coefficient (Wildman–Crippen LogP) is 5.97. The highest BCUT2D eigenvalue weighted by molar-refractivity contribution is 5.70. The van der Waals surface area contributed by atoms with Crippen LogP contribution < -0.4 is 0 Å². The van der Waals surface area contributed by atoms with Gasteiger partial charge in [0.15, 0.2) is 0 Å². The van der Waals surface area contributed by atoms with Crippen molar-refractivity contribution in [3.05, 3.63) is 24.6 Å². The number of hydrogen-bond donors (Lipinski definition) is 0. The van der Waals surface area contributed by atoms with Crippen LogP contribution in [0.25, 0.3) is 0 Å². The first-order chi connectivity index (χ1) is 15.8. The average Bonchev–Trinajstić information content (AvgIpc) is 2.71. The summed E-state index contributed by atoms with van der Waals surface area (Å²) in [5.74, 6) is -0.193. The molecule has 2 aliphatic rings. The molecule has 0 aromatic heterocycles. The second-order valence-corrected chi connectivity index (χ2v) is 11.5. The Morgan fingerprint density at radius 1 is 0.735 bits per heavy atom. The Bertz CT molecular complexity index is 681. The summed E-state index contributed by atoms with van der Waals surface area (Å²) in [5, 5.41) is 0. The van der Waals surface area contributed by atoms with Crippen LogP contribution in [-0.4, -0.2) is 59.1 Å². The molecule has 0 bridgehead atoms. The molecule has 0 aromatic rings. The quantitative estimate of drug-likeness (QED) is 0.271. The lowest BCUT2D eigenvalue weighted by atomic mass is 9.87. The van der Waals surface area contributed by atoms with E-state index in [1.807, 2.05) is 0 Å². The molecule has 0 radical (unpaired) electrons. The van der Waals surface area contributed by atoms with Crippen LogP contribution in [0.1, 0.15) is 105 Å². The Morgan fingerprint density at radius 3 is 1.38 bits per heavy atom. The first-order valence-corrected chi connectivity index (χ1v) is 13.0. The SMILES string of the molecule is C=C1CC(OC(=O)CCCCCCCCC(=O)OC2CC(=C)N(C)C(C)(C)C2)CC(C)(C)N1C. The van der Waals surface area contributed by atoms with Crippen molar-refractivity contribution >= 4 is 11.9 Å². The number of nitrogens with zero attached hydrogens (tertiary/aromatic N) is 2. The minimum Gasteiger partial charge on any atom is -0.462 e. The normalized spacial score (nSPS) is 24.2. The van der Waals surface area contributed by atoms with E-state index in [0.29, 0.717) is 12.8 Å². The van der Waals surface area contributed by atoms with Crippen molar-refractivity contribution < 1.29 is 19.1 Å². The topological polar surface area (TPSA) is 59.1 Å². The Morgan fingerprint density at radius 2 is 1.06 bits per heavy atom. The van der Waals surface area contributed by atoms with Gasteiger partial charge in [-0.25, -0.2) is 0 Å². The van der Waals surface area contributed by atoms with Crippen molar-refractivity contribution in [2.24, 2.45) is 0 Å². The molecule has 0 amide bonds. The molecule has 2 saturated heterocycles. The van der Waals surface area contributed by atoms with Crippen LogP contribution in [0.4, 0.5) is 0 Å². The molecule has 2 rings (SSSR count). The third-order valence-electron chi connectivity index (χ3n) is 7.75. The van der Waals surface area contributed by atoms with Crippen molar-refractivity contribution in [1.82, 2.24) is 9.80 Å². The van der Waals surface area contributed by atoms with Crippen molar-refractivity contribution in [2.45, 2.75) is 128 Å². The van der Waals surface area contributed by atoms with Crippen LogP contribution in [-0.2, 0) is 19.1 Å². The van der Waals surface area contributed by atoms with E-state index >= 15 is 0 Å². The van der Waals surface area contributed by atoms with Crippen molar-refractivity contribution in [3.63, 3.8) is 0 Å². The Balaban J connectivity index is 1.50. The van der Waals surface area contributed by atoms with Crippen molar-refractivity contribution in [2.75, 3.05) is 14.1 Å². The second kappa shape index (κ2) is 12.1. The largest absolute Gasteiger partial charge is 0.462 e. The van der Waals surface area contributed by atoms with Crippen LogP contribution in [0.3, 0.4) is 0 Å². The third kappa shape index (κ3) is 8.35. The fourth-order valence-corrected chi connectivity index (χ4v) is 5.09. The van der Waals surface area contributed by atoms with Gasteiger partial charge in [0.25, 0.3) is 0 Å². The van der Waals surface area contributed by atoms with Gasteiger partial charge < -0.3 is 19.3 Å². The predicted molar refractivity (Wildman–Crippen MR) is 137 cm³/mol. The van der Waals surface area contributed by atoms with E-state index in [4.69, 9.17) is 9.47 Å². The summed E-state index contributed by atoms with van der Waals surface area (Å²) in [6, 6.07) is 0. The average molecular weight is 477 g/mol. The summed E-state index contributed by atoms with van der Waals surface area (Å²) in [7, 11) is 4.10. The van der Waals surface area contributed by atoms with Crippen LogP contribution in [0.15, 0.2) is 24.6 Å². The van der Waals surface area contributed by atoms with Crippen LogP contribution in [0, 0.1) is 0 Å². The molecule has 6 nitrogen and oxygen atoms in total. The van der Waals surface area contributed by atoms with Gasteiger partial charge in [-0.15, -0.1) is 0 Å². The molecule has 34 heavy (non-hydrogen) atoms. The minimum atomic E-state index is -0.0966. The second-order valence-electron chi connectivity index (χ2n) is 11.5. The van der Waals surface area contributed by atoms with Gasteiger partial charge in [-0.2, -0.15) is 0 Å². The highest BCUT2D eigenvalue weighted by Crippen LogP contribution is 2.34. The number of likely N-dealkylation sites (tertiary alicyclic amines) is 2. The van der Waals surface area contributed by atoms with Gasteiger partial charge in [0.2, 0.25) is 0 Å². The zero-order chi connectivity index (χ0) is 25.5. The lowest BCUT2D eigenvalue weighted by Crippen LogP contribution is -2.48. The van der Waals surface area contributed by atoms with E-state index in [2.05, 4.69) is 64.7 Å². The number of ether oxygens (including phenoxy) is 2. The van der Waals surface area contributed by atoms with Gasteiger partial charge in [0, 0.05) is 75.1 Å². The molecule has 2 heterocycles. The van der Waals surface area contributed by atoms with Gasteiger partial charge in [-0.1, -0.05) is 38.8 Å². The first-order valence-electron chi connectivity index (χ1n) is 13.0. The van der Waals surface area contributed by atoms with E-state index < -0.39 is 0 Å². The highest BCUT2D eigenvalue weighted by Gasteiger charge is 2.36. The molecule has 0 aliphatic carbocycles. The fourth-order valence-electron chi connectivity index (χ4n) is 5.09. The molecule has 0 N–H and O–H groups in total. The van der Waals surface area contributed by atoms with E-state index in [1.165, 1.54) is 0 Å². The Hall–Kier alpha value is -1.98. The zero-order valence-corrected chi connectivity index (χ0v) is 22.6. The van der Waals surface area contributed by atoms with Crippen LogP contribution >= 0.6 is 0 Å². The Labute approximate surface area is 207 Å². The van der Waals surface area contributed by atoms with Gasteiger partial charge >= 0.3 is 11.9 Å². The number of carbonyl (C=O) groups excluding carboxylic acids is 2. The molecular weight excluding hydrogens is 428 g/mol. The van der Waals surface area contributed by atoms with Gasteiger partial charge in [0.05, 0.1) is 0 Å². The molecular formula is C28H48N2O4. The monoisotopic (exact) mass is 476 g/mol. The smallest absolute Gasteiger partial charge is 0.306 e. The third-order valence-corrected chi connectivity index (χ3v) is 7.75.